The molecule has 0 heterocycles. The van der Waals surface area contributed by atoms with Crippen molar-refractivity contribution in [1.82, 2.24) is 0 Å². The molecular formula is C6H4ClS. The van der Waals surface area contributed by atoms with E-state index in [4.69, 9.17) is 23.8 Å². The number of rotatable bonds is 0. The molecule has 0 saturated carbocycles. The minimum Gasteiger partial charge on any atom is -0.0846 e. The summed E-state index contributed by atoms with van der Waals surface area (Å²) in [6, 6.07) is 0. The lowest BCUT2D eigenvalue weighted by molar-refractivity contribution is 1.42. The van der Waals surface area contributed by atoms with Gasteiger partial charge >= 0.3 is 0 Å². The first-order chi connectivity index (χ1) is 3.79. The molecular weight excluding hydrogens is 140 g/mol. The molecule has 0 amide bonds. The van der Waals surface area contributed by atoms with Gasteiger partial charge in [-0.3, -0.25) is 0 Å². The molecule has 41 valence electrons. The Bertz CT molecular complexity index is 165. The summed E-state index contributed by atoms with van der Waals surface area (Å²) in [5, 5.41) is 0.665. The Balaban J connectivity index is 2.71. The Hall–Kier alpha value is -0.140. The van der Waals surface area contributed by atoms with Gasteiger partial charge in [0.15, 0.2) is 0 Å². The lowest BCUT2D eigenvalue weighted by atomic mass is 10.2. The number of thiocarbonyl (C=S) groups is 1. The minimum absolute atomic E-state index is 0.665. The summed E-state index contributed by atoms with van der Waals surface area (Å²) in [6.45, 7) is 0. The second kappa shape index (κ2) is 2.42. The van der Waals surface area contributed by atoms with E-state index in [0.29, 0.717) is 11.5 Å². The first kappa shape index (κ1) is 5.99. The van der Waals surface area contributed by atoms with E-state index >= 15 is 0 Å². The highest BCUT2D eigenvalue weighted by molar-refractivity contribution is 7.80. The largest absolute Gasteiger partial charge is 0.0846 e. The molecule has 0 spiro atoms. The molecule has 0 unspecified atom stereocenters. The van der Waals surface area contributed by atoms with E-state index in [2.05, 4.69) is 6.08 Å². The van der Waals surface area contributed by atoms with Crippen LogP contribution in [0.4, 0.5) is 0 Å². The van der Waals surface area contributed by atoms with Gasteiger partial charge in [0, 0.05) is 16.3 Å². The molecule has 1 radical (unpaired) electrons. The third-order valence-corrected chi connectivity index (χ3v) is 1.39. The van der Waals surface area contributed by atoms with Crippen LogP contribution in [0.2, 0.25) is 0 Å². The van der Waals surface area contributed by atoms with Gasteiger partial charge in [0.25, 0.3) is 0 Å². The molecule has 0 fully saturated rings. The molecule has 0 aromatic carbocycles. The monoisotopic (exact) mass is 143 g/mol. The van der Waals surface area contributed by atoms with Crippen LogP contribution >= 0.6 is 23.8 Å². The topological polar surface area (TPSA) is 0 Å². The first-order valence-electron chi connectivity index (χ1n) is 2.26. The van der Waals surface area contributed by atoms with Crippen molar-refractivity contribution in [2.24, 2.45) is 0 Å². The summed E-state index contributed by atoms with van der Waals surface area (Å²) in [5.74, 6) is 0. The van der Waals surface area contributed by atoms with Crippen molar-refractivity contribution in [1.29, 1.82) is 0 Å². The van der Waals surface area contributed by atoms with Gasteiger partial charge < -0.3 is 0 Å². The first-order valence-corrected chi connectivity index (χ1v) is 3.05. The molecule has 0 atom stereocenters. The fourth-order valence-corrected chi connectivity index (χ4v) is 0.726. The zero-order valence-electron chi connectivity index (χ0n) is 4.15. The van der Waals surface area contributed by atoms with Crippen molar-refractivity contribution in [3.05, 3.63) is 23.3 Å². The third kappa shape index (κ3) is 1.42. The van der Waals surface area contributed by atoms with Crippen LogP contribution in [0.5, 0.6) is 0 Å². The molecule has 0 aliphatic heterocycles. The van der Waals surface area contributed by atoms with Crippen LogP contribution in [0.3, 0.4) is 0 Å². The maximum absolute atomic E-state index is 5.54. The highest BCUT2D eigenvalue weighted by Crippen LogP contribution is 2.09. The van der Waals surface area contributed by atoms with E-state index in [-0.39, 0.29) is 0 Å². The normalized spacial score (nSPS) is 18.6. The Morgan fingerprint density at radius 2 is 2.38 bits per heavy atom. The van der Waals surface area contributed by atoms with Crippen molar-refractivity contribution in [3.8, 4) is 0 Å². The van der Waals surface area contributed by atoms with Gasteiger partial charge in [-0.25, -0.2) is 0 Å². The van der Waals surface area contributed by atoms with Crippen molar-refractivity contribution in [2.45, 2.75) is 6.42 Å². The van der Waals surface area contributed by atoms with Gasteiger partial charge in [-0.1, -0.05) is 23.8 Å². The molecule has 0 nitrogen and oxygen atoms in total. The average Bonchev–Trinajstić information content (AvgIpc) is 1.77. The Morgan fingerprint density at radius 1 is 1.62 bits per heavy atom. The quantitative estimate of drug-likeness (QED) is 0.469. The molecule has 2 heteroatoms. The number of halogens is 1. The summed E-state index contributed by atoms with van der Waals surface area (Å²) in [5.41, 5.74) is 0. The van der Waals surface area contributed by atoms with Crippen molar-refractivity contribution in [2.75, 3.05) is 0 Å². The van der Waals surface area contributed by atoms with Gasteiger partial charge in [0.2, 0.25) is 0 Å². The standard InChI is InChI=1S/C6H4ClS/c7-5-1-3-6(8)4-2-5/h1,3H,4H2. The molecule has 1 aliphatic carbocycles. The van der Waals surface area contributed by atoms with E-state index < -0.39 is 0 Å². The lowest BCUT2D eigenvalue weighted by Crippen LogP contribution is -1.90. The number of hydrogen-bond acceptors (Lipinski definition) is 1. The summed E-state index contributed by atoms with van der Waals surface area (Å²) < 4.78 is 0. The van der Waals surface area contributed by atoms with Crippen molar-refractivity contribution >= 4 is 28.7 Å². The zero-order chi connectivity index (χ0) is 5.98. The highest BCUT2D eigenvalue weighted by atomic mass is 35.5. The van der Waals surface area contributed by atoms with Gasteiger partial charge in [0.05, 0.1) is 0 Å². The van der Waals surface area contributed by atoms with Crippen molar-refractivity contribution < 1.29 is 0 Å². The second-order valence-corrected chi connectivity index (χ2v) is 2.43. The van der Waals surface area contributed by atoms with Gasteiger partial charge in [-0.2, -0.15) is 0 Å². The molecule has 1 rings (SSSR count). The summed E-state index contributed by atoms with van der Waals surface area (Å²) in [7, 11) is 0. The molecule has 1 aliphatic rings. The average molecular weight is 144 g/mol. The van der Waals surface area contributed by atoms with Crippen LogP contribution < -0.4 is 0 Å². The van der Waals surface area contributed by atoms with Crippen LogP contribution in [-0.4, -0.2) is 4.86 Å². The van der Waals surface area contributed by atoms with E-state index in [9.17, 15) is 0 Å². The van der Waals surface area contributed by atoms with Crippen LogP contribution in [-0.2, 0) is 0 Å². The molecule has 0 saturated heterocycles. The smallest absolute Gasteiger partial charge is 0.0445 e. The number of hydrogen-bond donors (Lipinski definition) is 0. The van der Waals surface area contributed by atoms with E-state index in [1.807, 2.05) is 6.08 Å². The summed E-state index contributed by atoms with van der Waals surface area (Å²) in [4.78, 5) is 0.898. The zero-order valence-corrected chi connectivity index (χ0v) is 5.72. The molecule has 0 bridgehead atoms. The van der Waals surface area contributed by atoms with Crippen LogP contribution in [0, 0.1) is 6.08 Å². The predicted molar refractivity (Wildman–Crippen MR) is 39.0 cm³/mol. The molecule has 0 aromatic rings. The fourth-order valence-electron chi connectivity index (χ4n) is 0.456. The number of allylic oxidation sites excluding steroid dienone is 4. The van der Waals surface area contributed by atoms with Crippen LogP contribution in [0.25, 0.3) is 0 Å². The highest BCUT2D eigenvalue weighted by Gasteiger charge is 1.95. The fraction of sp³-hybridized carbons (Fsp3) is 0.167. The summed E-state index contributed by atoms with van der Waals surface area (Å²) >= 11 is 10.4. The van der Waals surface area contributed by atoms with E-state index in [0.717, 1.165) is 4.86 Å². The maximum Gasteiger partial charge on any atom is 0.0445 e. The van der Waals surface area contributed by atoms with Gasteiger partial charge in [0.1, 0.15) is 0 Å². The minimum atomic E-state index is 0.665. The Labute approximate surface area is 58.8 Å². The van der Waals surface area contributed by atoms with Crippen LogP contribution in [0.15, 0.2) is 17.2 Å². The third-order valence-electron chi connectivity index (χ3n) is 0.847. The maximum atomic E-state index is 5.54. The lowest BCUT2D eigenvalue weighted by Gasteiger charge is -1.96. The van der Waals surface area contributed by atoms with E-state index in [1.54, 1.807) is 6.08 Å². The molecule has 0 aromatic heterocycles. The molecule has 0 N–H and O–H groups in total. The Kier molecular flexibility index (Phi) is 1.81. The van der Waals surface area contributed by atoms with Crippen molar-refractivity contribution in [3.63, 3.8) is 0 Å². The Morgan fingerprint density at radius 3 is 2.75 bits per heavy atom. The SMILES string of the molecule is S=C1C=CC(Cl)=[C]C1. The van der Waals surface area contributed by atoms with Gasteiger partial charge in [-0.15, -0.1) is 0 Å². The predicted octanol–water partition coefficient (Wildman–Crippen LogP) is 2.24. The second-order valence-electron chi connectivity index (χ2n) is 1.50. The molecule has 8 heavy (non-hydrogen) atoms. The van der Waals surface area contributed by atoms with Crippen LogP contribution in [0.1, 0.15) is 6.42 Å². The van der Waals surface area contributed by atoms with E-state index in [1.165, 1.54) is 0 Å². The van der Waals surface area contributed by atoms with Gasteiger partial charge in [-0.05, 0) is 18.2 Å². The summed E-state index contributed by atoms with van der Waals surface area (Å²) in [6.07, 6.45) is 7.17.